The van der Waals surface area contributed by atoms with Crippen molar-refractivity contribution in [3.8, 4) is 0 Å². The normalized spacial score (nSPS) is 13.3. The number of rotatable bonds is 6. The van der Waals surface area contributed by atoms with Gasteiger partial charge in [0.2, 0.25) is 0 Å². The fourth-order valence-electron chi connectivity index (χ4n) is 1.81. The number of aromatic nitrogens is 2. The molecular weight excluding hydrogens is 278 g/mol. The van der Waals surface area contributed by atoms with E-state index in [1.54, 1.807) is 24.3 Å². The summed E-state index contributed by atoms with van der Waals surface area (Å²) < 4.78 is 26.9. The monoisotopic (exact) mass is 295 g/mol. The number of hydrogen-bond acceptors (Lipinski definition) is 4. The molecule has 1 atom stereocenters. The minimum Gasteiger partial charge on any atom is -0.394 e. The van der Waals surface area contributed by atoms with Gasteiger partial charge in [0, 0.05) is 6.42 Å². The van der Waals surface area contributed by atoms with Crippen LogP contribution in [0.25, 0.3) is 0 Å². The number of aromatic amines is 1. The van der Waals surface area contributed by atoms with Crippen molar-refractivity contribution in [3.05, 3.63) is 47.9 Å². The van der Waals surface area contributed by atoms with Crippen molar-refractivity contribution in [2.75, 3.05) is 6.61 Å². The van der Waals surface area contributed by atoms with E-state index in [0.29, 0.717) is 17.8 Å². The molecule has 0 amide bonds. The number of hydrogen-bond donors (Lipinski definition) is 3. The average Bonchev–Trinajstić information content (AvgIpc) is 2.95. The lowest BCUT2D eigenvalue weighted by Crippen LogP contribution is -2.31. The van der Waals surface area contributed by atoms with E-state index in [4.69, 9.17) is 0 Å². The summed E-state index contributed by atoms with van der Waals surface area (Å²) in [5.74, 6) is 0.602. The van der Waals surface area contributed by atoms with Gasteiger partial charge in [0.1, 0.15) is 5.82 Å². The van der Waals surface area contributed by atoms with E-state index in [1.165, 1.54) is 6.20 Å². The molecule has 1 heterocycles. The minimum atomic E-state index is -3.74. The van der Waals surface area contributed by atoms with Gasteiger partial charge >= 0.3 is 0 Å². The molecule has 7 heteroatoms. The van der Waals surface area contributed by atoms with E-state index in [2.05, 4.69) is 14.7 Å². The Kier molecular flexibility index (Phi) is 4.53. The van der Waals surface area contributed by atoms with Gasteiger partial charge in [-0.1, -0.05) is 37.3 Å². The fraction of sp³-hybridized carbons (Fsp3) is 0.308. The lowest BCUT2D eigenvalue weighted by atomic mass is 10.1. The molecule has 0 radical (unpaired) electrons. The molecule has 3 N–H and O–H groups in total. The molecule has 0 spiro atoms. The molecule has 0 saturated carbocycles. The smallest absolute Gasteiger partial charge is 0.258 e. The van der Waals surface area contributed by atoms with E-state index in [0.717, 1.165) is 0 Å². The molecule has 20 heavy (non-hydrogen) atoms. The molecule has 0 aliphatic heterocycles. The topological polar surface area (TPSA) is 95.1 Å². The van der Waals surface area contributed by atoms with Gasteiger partial charge in [-0.3, -0.25) is 0 Å². The molecule has 0 bridgehead atoms. The van der Waals surface area contributed by atoms with Crippen molar-refractivity contribution in [1.29, 1.82) is 0 Å². The van der Waals surface area contributed by atoms with E-state index in [-0.39, 0.29) is 11.6 Å². The molecule has 6 nitrogen and oxygen atoms in total. The largest absolute Gasteiger partial charge is 0.394 e. The fourth-order valence-corrected chi connectivity index (χ4v) is 2.96. The number of benzene rings is 1. The van der Waals surface area contributed by atoms with Crippen LogP contribution < -0.4 is 4.72 Å². The molecule has 1 aromatic carbocycles. The first-order chi connectivity index (χ1) is 9.56. The summed E-state index contributed by atoms with van der Waals surface area (Å²) in [4.78, 5) is 6.71. The van der Waals surface area contributed by atoms with Crippen LogP contribution in [-0.4, -0.2) is 30.1 Å². The average molecular weight is 295 g/mol. The molecule has 0 fully saturated rings. The van der Waals surface area contributed by atoms with Crippen LogP contribution in [0.1, 0.15) is 24.4 Å². The van der Waals surface area contributed by atoms with Gasteiger partial charge in [-0.05, 0) is 5.56 Å². The number of aryl methyl sites for hydroxylation is 1. The van der Waals surface area contributed by atoms with Crippen molar-refractivity contribution >= 4 is 10.0 Å². The van der Waals surface area contributed by atoms with Gasteiger partial charge in [-0.15, -0.1) is 0 Å². The first-order valence-corrected chi connectivity index (χ1v) is 7.77. The summed E-state index contributed by atoms with van der Waals surface area (Å²) in [5.41, 5.74) is 0.703. The first kappa shape index (κ1) is 14.7. The number of aliphatic hydroxyl groups excluding tert-OH is 1. The first-order valence-electron chi connectivity index (χ1n) is 6.29. The Morgan fingerprint density at radius 3 is 2.60 bits per heavy atom. The Balaban J connectivity index is 2.22. The Labute approximate surface area is 117 Å². The maximum atomic E-state index is 12.2. The molecule has 1 aromatic heterocycles. The number of aliphatic hydroxyl groups is 1. The summed E-state index contributed by atoms with van der Waals surface area (Å²) in [7, 11) is -3.74. The lowest BCUT2D eigenvalue weighted by molar-refractivity contribution is 0.259. The third-order valence-corrected chi connectivity index (χ3v) is 4.29. The molecule has 2 rings (SSSR count). The highest BCUT2D eigenvalue weighted by molar-refractivity contribution is 7.89. The predicted molar refractivity (Wildman–Crippen MR) is 74.6 cm³/mol. The molecule has 0 saturated heterocycles. The number of sulfonamides is 1. The Morgan fingerprint density at radius 1 is 1.35 bits per heavy atom. The molecule has 0 unspecified atom stereocenters. The van der Waals surface area contributed by atoms with Crippen molar-refractivity contribution in [1.82, 2.24) is 14.7 Å². The number of nitrogens with zero attached hydrogens (tertiary/aromatic N) is 1. The lowest BCUT2D eigenvalue weighted by Gasteiger charge is -2.15. The summed E-state index contributed by atoms with van der Waals surface area (Å²) in [6, 6.07) is 8.24. The van der Waals surface area contributed by atoms with E-state index in [9.17, 15) is 13.5 Å². The molecule has 0 aliphatic carbocycles. The highest BCUT2D eigenvalue weighted by atomic mass is 32.2. The van der Waals surface area contributed by atoms with Crippen LogP contribution in [0.15, 0.2) is 41.6 Å². The van der Waals surface area contributed by atoms with Crippen molar-refractivity contribution in [2.45, 2.75) is 24.4 Å². The third kappa shape index (κ3) is 3.24. The van der Waals surface area contributed by atoms with Gasteiger partial charge in [0.05, 0.1) is 18.8 Å². The number of H-pyrrole nitrogens is 1. The van der Waals surface area contributed by atoms with Gasteiger partial charge in [0.25, 0.3) is 10.0 Å². The van der Waals surface area contributed by atoms with Gasteiger partial charge in [-0.2, -0.15) is 0 Å². The van der Waals surface area contributed by atoms with E-state index >= 15 is 0 Å². The zero-order valence-electron chi connectivity index (χ0n) is 11.1. The van der Waals surface area contributed by atoms with Crippen LogP contribution in [-0.2, 0) is 16.4 Å². The van der Waals surface area contributed by atoms with Gasteiger partial charge in [0.15, 0.2) is 5.03 Å². The Bertz CT molecular complexity index is 653. The van der Waals surface area contributed by atoms with Crippen LogP contribution in [0.2, 0.25) is 0 Å². The molecular formula is C13H17N3O3S. The predicted octanol–water partition coefficient (Wildman–Crippen LogP) is 0.984. The second kappa shape index (κ2) is 6.17. The van der Waals surface area contributed by atoms with Crippen LogP contribution in [0.4, 0.5) is 0 Å². The quantitative estimate of drug-likeness (QED) is 0.740. The second-order valence-corrected chi connectivity index (χ2v) is 6.00. The standard InChI is InChI=1S/C13H17N3O3S/c1-2-12-14-8-13(15-12)20(18,19)16-11(9-17)10-6-4-3-5-7-10/h3-8,11,16-17H,2,9H2,1H3,(H,14,15)/t11-/m0/s1. The minimum absolute atomic E-state index is 0.00345. The highest BCUT2D eigenvalue weighted by Gasteiger charge is 2.22. The summed E-state index contributed by atoms with van der Waals surface area (Å²) in [6.07, 6.45) is 1.90. The van der Waals surface area contributed by atoms with Crippen molar-refractivity contribution in [2.24, 2.45) is 0 Å². The molecule has 2 aromatic rings. The van der Waals surface area contributed by atoms with Gasteiger partial charge < -0.3 is 10.1 Å². The van der Waals surface area contributed by atoms with Crippen LogP contribution in [0, 0.1) is 0 Å². The molecule has 108 valence electrons. The summed E-state index contributed by atoms with van der Waals surface area (Å²) >= 11 is 0. The van der Waals surface area contributed by atoms with Crippen molar-refractivity contribution in [3.63, 3.8) is 0 Å². The maximum absolute atomic E-state index is 12.2. The van der Waals surface area contributed by atoms with E-state index in [1.807, 2.05) is 13.0 Å². The highest BCUT2D eigenvalue weighted by Crippen LogP contribution is 2.16. The third-order valence-electron chi connectivity index (χ3n) is 2.91. The maximum Gasteiger partial charge on any atom is 0.258 e. The molecule has 0 aliphatic rings. The van der Waals surface area contributed by atoms with Gasteiger partial charge in [-0.25, -0.2) is 18.1 Å². The van der Waals surface area contributed by atoms with Crippen molar-refractivity contribution < 1.29 is 13.5 Å². The summed E-state index contributed by atoms with van der Waals surface area (Å²) in [5, 5.41) is 9.39. The zero-order valence-corrected chi connectivity index (χ0v) is 11.9. The van der Waals surface area contributed by atoms with Crippen LogP contribution in [0.3, 0.4) is 0 Å². The van der Waals surface area contributed by atoms with E-state index < -0.39 is 16.1 Å². The van der Waals surface area contributed by atoms with Crippen LogP contribution in [0.5, 0.6) is 0 Å². The Morgan fingerprint density at radius 2 is 2.05 bits per heavy atom. The SMILES string of the molecule is CCc1ncc(S(=O)(=O)N[C@@H](CO)c2ccccc2)[nH]1. The second-order valence-electron chi connectivity index (χ2n) is 4.31. The number of nitrogens with one attached hydrogen (secondary N) is 2. The summed E-state index contributed by atoms with van der Waals surface area (Å²) in [6.45, 7) is 1.56. The zero-order chi connectivity index (χ0) is 14.6. The van der Waals surface area contributed by atoms with Crippen LogP contribution >= 0.6 is 0 Å². The number of imidazole rings is 1. The Hall–Kier alpha value is -1.70.